The van der Waals surface area contributed by atoms with Crippen LogP contribution in [0.5, 0.6) is 0 Å². The minimum absolute atomic E-state index is 0.191. The van der Waals surface area contributed by atoms with Crippen LogP contribution in [-0.2, 0) is 6.42 Å². The Morgan fingerprint density at radius 3 is 2.56 bits per heavy atom. The Labute approximate surface area is 99.1 Å². The highest BCUT2D eigenvalue weighted by molar-refractivity contribution is 6.30. The number of nitriles is 1. The summed E-state index contributed by atoms with van der Waals surface area (Å²) in [5.74, 6) is 0.630. The molecule has 0 bridgehead atoms. The quantitative estimate of drug-likeness (QED) is 0.806. The topological polar surface area (TPSA) is 36.9 Å². The average molecular weight is 232 g/mol. The van der Waals surface area contributed by atoms with E-state index in [4.69, 9.17) is 21.3 Å². The van der Waals surface area contributed by atoms with Crippen LogP contribution in [0.1, 0.15) is 17.2 Å². The van der Waals surface area contributed by atoms with E-state index in [9.17, 15) is 0 Å². The van der Waals surface area contributed by atoms with Crippen LogP contribution in [0, 0.1) is 11.3 Å². The zero-order valence-electron chi connectivity index (χ0n) is 8.56. The lowest BCUT2D eigenvalue weighted by Crippen LogP contribution is -1.99. The number of halogens is 1. The van der Waals surface area contributed by atoms with Crippen LogP contribution in [0.25, 0.3) is 0 Å². The highest BCUT2D eigenvalue weighted by Crippen LogP contribution is 2.22. The Morgan fingerprint density at radius 1 is 1.25 bits per heavy atom. The van der Waals surface area contributed by atoms with Gasteiger partial charge in [0, 0.05) is 11.4 Å². The van der Waals surface area contributed by atoms with Crippen molar-refractivity contribution in [2.45, 2.75) is 12.3 Å². The third-order valence-corrected chi connectivity index (χ3v) is 2.67. The number of rotatable bonds is 3. The van der Waals surface area contributed by atoms with E-state index in [1.54, 1.807) is 18.4 Å². The van der Waals surface area contributed by atoms with Crippen LogP contribution in [0.3, 0.4) is 0 Å². The first-order valence-corrected chi connectivity index (χ1v) is 5.35. The van der Waals surface area contributed by atoms with Crippen molar-refractivity contribution >= 4 is 11.6 Å². The molecule has 1 heterocycles. The summed E-state index contributed by atoms with van der Waals surface area (Å²) < 4.78 is 5.23. The number of furan rings is 1. The molecule has 0 aliphatic carbocycles. The van der Waals surface area contributed by atoms with Gasteiger partial charge in [0.05, 0.1) is 18.3 Å². The predicted molar refractivity (Wildman–Crippen MR) is 62.2 cm³/mol. The summed E-state index contributed by atoms with van der Waals surface area (Å²) >= 11 is 5.80. The van der Waals surface area contributed by atoms with E-state index in [1.807, 2.05) is 24.3 Å². The Kier molecular flexibility index (Phi) is 3.28. The van der Waals surface area contributed by atoms with Crippen LogP contribution in [-0.4, -0.2) is 0 Å². The standard InChI is InChI=1S/C13H10ClNO/c14-12-5-3-10(4-6-12)11(9-15)8-13-2-1-7-16-13/h1-7,11H,8H2. The molecule has 1 atom stereocenters. The van der Waals surface area contributed by atoms with E-state index in [-0.39, 0.29) is 5.92 Å². The van der Waals surface area contributed by atoms with Gasteiger partial charge < -0.3 is 4.42 Å². The van der Waals surface area contributed by atoms with E-state index < -0.39 is 0 Å². The van der Waals surface area contributed by atoms with Crippen LogP contribution in [0.2, 0.25) is 5.02 Å². The van der Waals surface area contributed by atoms with Gasteiger partial charge in [-0.2, -0.15) is 5.26 Å². The zero-order valence-corrected chi connectivity index (χ0v) is 9.32. The van der Waals surface area contributed by atoms with Gasteiger partial charge in [-0.3, -0.25) is 0 Å². The smallest absolute Gasteiger partial charge is 0.105 e. The molecule has 0 spiro atoms. The maximum Gasteiger partial charge on any atom is 0.105 e. The molecule has 1 aromatic carbocycles. The summed E-state index contributed by atoms with van der Waals surface area (Å²) in [4.78, 5) is 0. The van der Waals surface area contributed by atoms with Gasteiger partial charge in [-0.1, -0.05) is 23.7 Å². The SMILES string of the molecule is N#CC(Cc1ccco1)c1ccc(Cl)cc1. The van der Waals surface area contributed by atoms with Crippen molar-refractivity contribution in [3.05, 3.63) is 59.0 Å². The number of hydrogen-bond acceptors (Lipinski definition) is 2. The second-order valence-electron chi connectivity index (χ2n) is 3.52. The molecule has 0 radical (unpaired) electrons. The Bertz CT molecular complexity index is 482. The van der Waals surface area contributed by atoms with Crippen LogP contribution < -0.4 is 0 Å². The molecule has 0 fully saturated rings. The van der Waals surface area contributed by atoms with Gasteiger partial charge in [-0.05, 0) is 29.8 Å². The maximum absolute atomic E-state index is 9.12. The summed E-state index contributed by atoms with van der Waals surface area (Å²) in [5.41, 5.74) is 0.961. The van der Waals surface area contributed by atoms with Gasteiger partial charge in [-0.25, -0.2) is 0 Å². The van der Waals surface area contributed by atoms with Gasteiger partial charge >= 0.3 is 0 Å². The third-order valence-electron chi connectivity index (χ3n) is 2.41. The summed E-state index contributed by atoms with van der Waals surface area (Å²) in [6.07, 6.45) is 2.21. The van der Waals surface area contributed by atoms with Crippen molar-refractivity contribution in [1.29, 1.82) is 5.26 Å². The Balaban J connectivity index is 2.17. The van der Waals surface area contributed by atoms with Gasteiger partial charge in [0.15, 0.2) is 0 Å². The molecule has 0 saturated heterocycles. The first-order valence-electron chi connectivity index (χ1n) is 4.97. The van der Waals surface area contributed by atoms with Gasteiger partial charge in [0.1, 0.15) is 5.76 Å². The fourth-order valence-corrected chi connectivity index (χ4v) is 1.69. The van der Waals surface area contributed by atoms with Gasteiger partial charge in [0.25, 0.3) is 0 Å². The van der Waals surface area contributed by atoms with Crippen molar-refractivity contribution in [1.82, 2.24) is 0 Å². The summed E-state index contributed by atoms with van der Waals surface area (Å²) in [7, 11) is 0. The minimum atomic E-state index is -0.191. The van der Waals surface area contributed by atoms with E-state index in [1.165, 1.54) is 0 Å². The van der Waals surface area contributed by atoms with E-state index in [0.717, 1.165) is 11.3 Å². The second-order valence-corrected chi connectivity index (χ2v) is 3.95. The molecular formula is C13H10ClNO. The zero-order chi connectivity index (χ0) is 11.4. The molecule has 0 amide bonds. The van der Waals surface area contributed by atoms with Crippen molar-refractivity contribution in [2.75, 3.05) is 0 Å². The first kappa shape index (κ1) is 10.8. The molecule has 16 heavy (non-hydrogen) atoms. The largest absolute Gasteiger partial charge is 0.469 e. The van der Waals surface area contributed by atoms with Crippen molar-refractivity contribution in [3.63, 3.8) is 0 Å². The monoisotopic (exact) mass is 231 g/mol. The first-order chi connectivity index (χ1) is 7.79. The molecule has 0 saturated carbocycles. The van der Waals surface area contributed by atoms with Crippen molar-refractivity contribution < 1.29 is 4.42 Å². The number of benzene rings is 1. The molecule has 1 aromatic heterocycles. The fraction of sp³-hybridized carbons (Fsp3) is 0.154. The molecule has 2 rings (SSSR count). The molecule has 0 aliphatic heterocycles. The van der Waals surface area contributed by atoms with E-state index in [2.05, 4.69) is 6.07 Å². The van der Waals surface area contributed by atoms with Crippen LogP contribution >= 0.6 is 11.6 Å². The molecule has 80 valence electrons. The predicted octanol–water partition coefficient (Wildman–Crippen LogP) is 3.78. The van der Waals surface area contributed by atoms with Gasteiger partial charge in [-0.15, -0.1) is 0 Å². The highest BCUT2D eigenvalue weighted by atomic mass is 35.5. The van der Waals surface area contributed by atoms with Crippen LogP contribution in [0.15, 0.2) is 47.1 Å². The van der Waals surface area contributed by atoms with E-state index >= 15 is 0 Å². The summed E-state index contributed by atoms with van der Waals surface area (Å²) in [6.45, 7) is 0. The third kappa shape index (κ3) is 2.44. The lowest BCUT2D eigenvalue weighted by molar-refractivity contribution is 0.501. The lowest BCUT2D eigenvalue weighted by atomic mass is 9.96. The molecule has 2 aromatic rings. The number of nitrogens with zero attached hydrogens (tertiary/aromatic N) is 1. The molecule has 0 aliphatic rings. The fourth-order valence-electron chi connectivity index (χ4n) is 1.56. The molecular weight excluding hydrogens is 222 g/mol. The van der Waals surface area contributed by atoms with Gasteiger partial charge in [0.2, 0.25) is 0 Å². The summed E-state index contributed by atoms with van der Waals surface area (Å²) in [5, 5.41) is 9.80. The molecule has 1 unspecified atom stereocenters. The lowest BCUT2D eigenvalue weighted by Gasteiger charge is -2.07. The maximum atomic E-state index is 9.12. The second kappa shape index (κ2) is 4.87. The Hall–Kier alpha value is -1.72. The molecule has 3 heteroatoms. The molecule has 2 nitrogen and oxygen atoms in total. The number of hydrogen-bond donors (Lipinski definition) is 0. The minimum Gasteiger partial charge on any atom is -0.469 e. The Morgan fingerprint density at radius 2 is 2.00 bits per heavy atom. The van der Waals surface area contributed by atoms with Crippen molar-refractivity contribution in [3.8, 4) is 6.07 Å². The average Bonchev–Trinajstić information content (AvgIpc) is 2.80. The van der Waals surface area contributed by atoms with Crippen LogP contribution in [0.4, 0.5) is 0 Å². The summed E-state index contributed by atoms with van der Waals surface area (Å²) in [6, 6.07) is 13.3. The highest BCUT2D eigenvalue weighted by Gasteiger charge is 2.12. The van der Waals surface area contributed by atoms with E-state index in [0.29, 0.717) is 11.4 Å². The normalized spacial score (nSPS) is 12.0. The van der Waals surface area contributed by atoms with Crippen molar-refractivity contribution in [2.24, 2.45) is 0 Å². The molecule has 0 N–H and O–H groups in total.